The number of aromatic nitrogens is 1. The second kappa shape index (κ2) is 13.9. The molecule has 0 saturated heterocycles. The van der Waals surface area contributed by atoms with Crippen LogP contribution < -0.4 is 16.9 Å². The Hall–Kier alpha value is -3.33. The Morgan fingerprint density at radius 3 is 2.28 bits per heavy atom. The minimum atomic E-state index is -0.197. The van der Waals surface area contributed by atoms with Crippen molar-refractivity contribution in [3.05, 3.63) is 68.6 Å². The second-order valence-corrected chi connectivity index (χ2v) is 8.15. The predicted octanol–water partition coefficient (Wildman–Crippen LogP) is 4.98. The van der Waals surface area contributed by atoms with Crippen LogP contribution in [-0.4, -0.2) is 11.4 Å². The molecule has 1 aliphatic carbocycles. The standard InChI is InChI=1S/C18H19N3O.C7H14.CH3NO/c1-4-5-14(16-9-21-10-17(20)18(16)22)15-7-13(8-19)11(2)6-12(15)3;1-7-5-3-2-4-6-7;2-1-3/h5-7,9-10H,4,20H2,1-3H3,(H,21,22);7H,2-6H2,1H3;1H,(H2,2,3)/b14-5+;;. The number of H-pyrrole nitrogens is 1. The molecule has 0 unspecified atom stereocenters. The molecule has 1 amide bonds. The minimum Gasteiger partial charge on any atom is -0.394 e. The molecule has 0 atom stereocenters. The monoisotopic (exact) mass is 436 g/mol. The molecule has 1 heterocycles. The van der Waals surface area contributed by atoms with Crippen molar-refractivity contribution >= 4 is 17.7 Å². The van der Waals surface area contributed by atoms with Crippen molar-refractivity contribution < 1.29 is 4.79 Å². The lowest BCUT2D eigenvalue weighted by molar-refractivity contribution is -0.106. The van der Waals surface area contributed by atoms with Crippen molar-refractivity contribution in [2.45, 2.75) is 66.2 Å². The minimum absolute atomic E-state index is 0.185. The molecule has 1 aromatic heterocycles. The summed E-state index contributed by atoms with van der Waals surface area (Å²) in [6, 6.07) is 6.01. The van der Waals surface area contributed by atoms with Gasteiger partial charge in [0.2, 0.25) is 11.8 Å². The molecule has 2 aromatic rings. The van der Waals surface area contributed by atoms with Crippen LogP contribution in [0.3, 0.4) is 0 Å². The summed E-state index contributed by atoms with van der Waals surface area (Å²) in [5.74, 6) is 1.04. The molecule has 1 fully saturated rings. The fourth-order valence-electron chi connectivity index (χ4n) is 3.84. The van der Waals surface area contributed by atoms with Crippen molar-refractivity contribution in [3.8, 4) is 6.07 Å². The molecule has 0 bridgehead atoms. The fourth-order valence-corrected chi connectivity index (χ4v) is 3.84. The molecule has 1 aliphatic rings. The number of primary amides is 1. The van der Waals surface area contributed by atoms with E-state index in [2.05, 4.69) is 23.7 Å². The highest BCUT2D eigenvalue weighted by Crippen LogP contribution is 2.27. The van der Waals surface area contributed by atoms with E-state index in [0.29, 0.717) is 11.1 Å². The van der Waals surface area contributed by atoms with Crippen molar-refractivity contribution in [3.63, 3.8) is 0 Å². The number of hydrogen-bond acceptors (Lipinski definition) is 4. The summed E-state index contributed by atoms with van der Waals surface area (Å²) in [7, 11) is 0. The summed E-state index contributed by atoms with van der Waals surface area (Å²) in [6.07, 6.45) is 13.6. The topological polar surface area (TPSA) is 126 Å². The third-order valence-corrected chi connectivity index (χ3v) is 5.55. The molecule has 3 rings (SSSR count). The number of nitrogen functional groups attached to an aromatic ring is 1. The molecule has 0 spiro atoms. The Balaban J connectivity index is 0.000000424. The SMILES string of the molecule is CC/C=C(\c1cc(C#N)c(C)cc1C)c1c[nH]cc(N)c1=O.CC1CCCCC1.NC=O. The van der Waals surface area contributed by atoms with E-state index in [9.17, 15) is 10.1 Å². The number of hydrogen-bond donors (Lipinski definition) is 3. The Morgan fingerprint density at radius 2 is 1.78 bits per heavy atom. The Kier molecular flexibility index (Phi) is 11.6. The number of amides is 1. The van der Waals surface area contributed by atoms with Gasteiger partial charge in [-0.3, -0.25) is 9.59 Å². The van der Waals surface area contributed by atoms with Gasteiger partial charge in [0.05, 0.1) is 17.3 Å². The van der Waals surface area contributed by atoms with Gasteiger partial charge in [0.1, 0.15) is 0 Å². The third-order valence-electron chi connectivity index (χ3n) is 5.55. The number of benzene rings is 1. The van der Waals surface area contributed by atoms with Gasteiger partial charge < -0.3 is 16.5 Å². The van der Waals surface area contributed by atoms with E-state index in [-0.39, 0.29) is 17.5 Å². The van der Waals surface area contributed by atoms with Crippen molar-refractivity contribution in [2.24, 2.45) is 11.7 Å². The van der Waals surface area contributed by atoms with Crippen LogP contribution >= 0.6 is 0 Å². The average Bonchev–Trinajstić information content (AvgIpc) is 2.76. The normalized spacial score (nSPS) is 13.7. The quantitative estimate of drug-likeness (QED) is 0.587. The van der Waals surface area contributed by atoms with E-state index in [1.54, 1.807) is 6.20 Å². The summed E-state index contributed by atoms with van der Waals surface area (Å²) in [6.45, 7) is 8.26. The van der Waals surface area contributed by atoms with Crippen LogP contribution in [0.2, 0.25) is 0 Å². The maximum Gasteiger partial charge on any atom is 0.212 e. The van der Waals surface area contributed by atoms with Crippen LogP contribution in [-0.2, 0) is 4.79 Å². The number of rotatable bonds is 3. The molecule has 1 saturated carbocycles. The lowest BCUT2D eigenvalue weighted by Gasteiger charge is -2.15. The second-order valence-electron chi connectivity index (χ2n) is 8.15. The van der Waals surface area contributed by atoms with E-state index in [0.717, 1.165) is 34.6 Å². The summed E-state index contributed by atoms with van der Waals surface area (Å²) in [4.78, 5) is 23.8. The van der Waals surface area contributed by atoms with Crippen molar-refractivity contribution in [2.75, 3.05) is 5.73 Å². The smallest absolute Gasteiger partial charge is 0.212 e. The number of carbonyl (C=O) groups is 1. The number of nitrogens with zero attached hydrogens (tertiary/aromatic N) is 1. The van der Waals surface area contributed by atoms with Crippen LogP contribution in [0.1, 0.15) is 80.2 Å². The summed E-state index contributed by atoms with van der Waals surface area (Å²) < 4.78 is 0. The molecule has 32 heavy (non-hydrogen) atoms. The first kappa shape index (κ1) is 26.7. The van der Waals surface area contributed by atoms with Gasteiger partial charge in [0.15, 0.2) is 0 Å². The van der Waals surface area contributed by atoms with Gasteiger partial charge in [0.25, 0.3) is 0 Å². The maximum absolute atomic E-state index is 12.3. The number of nitriles is 1. The first-order chi connectivity index (χ1) is 15.3. The lowest BCUT2D eigenvalue weighted by atomic mass is 9.91. The highest BCUT2D eigenvalue weighted by molar-refractivity contribution is 5.82. The number of allylic oxidation sites excluding steroid dienone is 1. The molecular formula is C26H36N4O2. The Labute approximate surface area is 191 Å². The van der Waals surface area contributed by atoms with Crippen molar-refractivity contribution in [1.29, 1.82) is 5.26 Å². The van der Waals surface area contributed by atoms with Crippen LogP contribution in [0.15, 0.2) is 35.4 Å². The molecule has 5 N–H and O–H groups in total. The zero-order valence-corrected chi connectivity index (χ0v) is 19.7. The van der Waals surface area contributed by atoms with Crippen LogP contribution in [0.5, 0.6) is 0 Å². The number of carbonyl (C=O) groups excluding carboxylic acids is 1. The number of nitrogens with two attached hydrogens (primary N) is 2. The average molecular weight is 437 g/mol. The maximum atomic E-state index is 12.3. The number of aromatic amines is 1. The van der Waals surface area contributed by atoms with Crippen molar-refractivity contribution in [1.82, 2.24) is 4.98 Å². The van der Waals surface area contributed by atoms with E-state index in [4.69, 9.17) is 10.5 Å². The van der Waals surface area contributed by atoms with E-state index in [1.807, 2.05) is 39.0 Å². The first-order valence-electron chi connectivity index (χ1n) is 11.1. The Bertz CT molecular complexity index is 1010. The molecular weight excluding hydrogens is 400 g/mol. The summed E-state index contributed by atoms with van der Waals surface area (Å²) in [5, 5.41) is 9.26. The van der Waals surface area contributed by atoms with Crippen LogP contribution in [0.4, 0.5) is 5.69 Å². The van der Waals surface area contributed by atoms with Gasteiger partial charge in [-0.25, -0.2) is 0 Å². The number of aryl methyl sites for hydroxylation is 2. The molecule has 0 aliphatic heterocycles. The highest BCUT2D eigenvalue weighted by atomic mass is 16.1. The number of nitrogens with one attached hydrogen (secondary N) is 1. The summed E-state index contributed by atoms with van der Waals surface area (Å²) in [5.41, 5.74) is 14.7. The number of pyridine rings is 1. The van der Waals surface area contributed by atoms with Gasteiger partial charge in [-0.05, 0) is 54.5 Å². The van der Waals surface area contributed by atoms with Crippen LogP contribution in [0, 0.1) is 31.1 Å². The number of anilines is 1. The molecule has 172 valence electrons. The zero-order valence-electron chi connectivity index (χ0n) is 19.7. The molecule has 1 aromatic carbocycles. The zero-order chi connectivity index (χ0) is 24.1. The van der Waals surface area contributed by atoms with E-state index in [1.165, 1.54) is 38.3 Å². The van der Waals surface area contributed by atoms with E-state index >= 15 is 0 Å². The summed E-state index contributed by atoms with van der Waals surface area (Å²) >= 11 is 0. The van der Waals surface area contributed by atoms with E-state index < -0.39 is 0 Å². The predicted molar refractivity (Wildman–Crippen MR) is 132 cm³/mol. The van der Waals surface area contributed by atoms with Gasteiger partial charge in [-0.2, -0.15) is 5.26 Å². The van der Waals surface area contributed by atoms with Gasteiger partial charge in [-0.1, -0.05) is 58.1 Å². The largest absolute Gasteiger partial charge is 0.394 e. The molecule has 6 nitrogen and oxygen atoms in total. The fraction of sp³-hybridized carbons (Fsp3) is 0.423. The third kappa shape index (κ3) is 7.73. The Morgan fingerprint density at radius 1 is 1.16 bits per heavy atom. The first-order valence-corrected chi connectivity index (χ1v) is 11.1. The van der Waals surface area contributed by atoms with Gasteiger partial charge in [-0.15, -0.1) is 0 Å². The molecule has 6 heteroatoms. The van der Waals surface area contributed by atoms with Gasteiger partial charge in [0, 0.05) is 18.0 Å². The van der Waals surface area contributed by atoms with Gasteiger partial charge >= 0.3 is 0 Å². The van der Waals surface area contributed by atoms with Crippen LogP contribution in [0.25, 0.3) is 5.57 Å². The lowest BCUT2D eigenvalue weighted by Crippen LogP contribution is -2.14. The highest BCUT2D eigenvalue weighted by Gasteiger charge is 2.14. The molecule has 0 radical (unpaired) electrons.